The van der Waals surface area contributed by atoms with Gasteiger partial charge in [-0.05, 0) is 18.3 Å². The molecule has 0 saturated heterocycles. The van der Waals surface area contributed by atoms with Gasteiger partial charge in [0.25, 0.3) is 0 Å². The molecule has 2 unspecified atom stereocenters. The first-order chi connectivity index (χ1) is 12.2. The number of ketones is 1. The molecule has 2 aromatic carbocycles. The SMILES string of the molecule is C=CCOc1ccccc1C1NC(=S)N=C2c3ccccc3C(=O)C21. The van der Waals surface area contributed by atoms with E-state index in [9.17, 15) is 4.79 Å². The number of carbonyl (C=O) groups is 1. The van der Waals surface area contributed by atoms with Crippen molar-refractivity contribution in [3.8, 4) is 5.75 Å². The highest BCUT2D eigenvalue weighted by molar-refractivity contribution is 7.80. The minimum absolute atomic E-state index is 0.0628. The fraction of sp³-hybridized carbons (Fsp3) is 0.150. The van der Waals surface area contributed by atoms with Crippen molar-refractivity contribution in [1.82, 2.24) is 5.32 Å². The quantitative estimate of drug-likeness (QED) is 0.679. The number of carbonyl (C=O) groups excluding carboxylic acids is 1. The van der Waals surface area contributed by atoms with Crippen LogP contribution in [-0.2, 0) is 0 Å². The maximum atomic E-state index is 13.0. The van der Waals surface area contributed by atoms with Gasteiger partial charge in [-0.2, -0.15) is 0 Å². The second-order valence-corrected chi connectivity index (χ2v) is 6.34. The molecule has 1 N–H and O–H groups in total. The van der Waals surface area contributed by atoms with Gasteiger partial charge in [-0.15, -0.1) is 0 Å². The number of para-hydroxylation sites is 1. The molecule has 1 heterocycles. The van der Waals surface area contributed by atoms with Crippen LogP contribution in [0.25, 0.3) is 0 Å². The van der Waals surface area contributed by atoms with Crippen molar-refractivity contribution >= 4 is 28.8 Å². The second kappa shape index (κ2) is 6.26. The molecule has 1 aliphatic heterocycles. The largest absolute Gasteiger partial charge is 0.489 e. The Morgan fingerprint density at radius 3 is 2.68 bits per heavy atom. The standard InChI is InChI=1S/C20H16N2O2S/c1-2-11-24-15-10-6-5-9-14(15)18-16-17(21-20(25)22-18)12-7-3-4-8-13(12)19(16)23/h2-10,16,18H,1,11H2,(H,22,25). The summed E-state index contributed by atoms with van der Waals surface area (Å²) in [7, 11) is 0. The maximum absolute atomic E-state index is 13.0. The van der Waals surface area contributed by atoms with Crippen LogP contribution in [-0.4, -0.2) is 23.2 Å². The average molecular weight is 348 g/mol. The lowest BCUT2D eigenvalue weighted by atomic mass is 9.87. The summed E-state index contributed by atoms with van der Waals surface area (Å²) >= 11 is 5.34. The Kier molecular flexibility index (Phi) is 3.93. The van der Waals surface area contributed by atoms with E-state index in [1.165, 1.54) is 0 Å². The van der Waals surface area contributed by atoms with Gasteiger partial charge in [0.2, 0.25) is 0 Å². The first kappa shape index (κ1) is 15.7. The lowest BCUT2D eigenvalue weighted by Gasteiger charge is -2.30. The van der Waals surface area contributed by atoms with Crippen molar-refractivity contribution in [3.05, 3.63) is 77.9 Å². The van der Waals surface area contributed by atoms with Crippen LogP contribution in [0, 0.1) is 5.92 Å². The summed E-state index contributed by atoms with van der Waals surface area (Å²) in [5, 5.41) is 3.59. The summed E-state index contributed by atoms with van der Waals surface area (Å²) in [4.78, 5) is 17.5. The number of Topliss-reactive ketones (excluding diaryl/α,β-unsaturated/α-hetero) is 1. The molecular weight excluding hydrogens is 332 g/mol. The second-order valence-electron chi connectivity index (χ2n) is 5.95. The van der Waals surface area contributed by atoms with Crippen LogP contribution in [0.1, 0.15) is 27.5 Å². The van der Waals surface area contributed by atoms with E-state index >= 15 is 0 Å². The van der Waals surface area contributed by atoms with Gasteiger partial charge in [0.1, 0.15) is 12.4 Å². The zero-order chi connectivity index (χ0) is 17.4. The number of hydrogen-bond donors (Lipinski definition) is 1. The third kappa shape index (κ3) is 2.57. The lowest BCUT2D eigenvalue weighted by molar-refractivity contribution is 0.0944. The Hall–Kier alpha value is -2.79. The summed E-state index contributed by atoms with van der Waals surface area (Å²) in [5.74, 6) is 0.373. The topological polar surface area (TPSA) is 50.7 Å². The van der Waals surface area contributed by atoms with Crippen LogP contribution in [0.15, 0.2) is 66.2 Å². The summed E-state index contributed by atoms with van der Waals surface area (Å²) in [6.45, 7) is 4.08. The monoisotopic (exact) mass is 348 g/mol. The smallest absolute Gasteiger partial charge is 0.193 e. The Balaban J connectivity index is 1.81. The molecule has 0 bridgehead atoms. The molecule has 5 heteroatoms. The molecule has 4 nitrogen and oxygen atoms in total. The number of hydrogen-bond acceptors (Lipinski definition) is 3. The molecule has 2 aromatic rings. The predicted molar refractivity (Wildman–Crippen MR) is 101 cm³/mol. The van der Waals surface area contributed by atoms with Crippen molar-refractivity contribution in [2.75, 3.05) is 6.61 Å². The van der Waals surface area contributed by atoms with Gasteiger partial charge in [0, 0.05) is 16.7 Å². The molecule has 0 spiro atoms. The minimum atomic E-state index is -0.405. The van der Waals surface area contributed by atoms with Gasteiger partial charge in [-0.25, -0.2) is 4.99 Å². The first-order valence-corrected chi connectivity index (χ1v) is 8.47. The van der Waals surface area contributed by atoms with Gasteiger partial charge < -0.3 is 10.1 Å². The number of aliphatic imine (C=N–C) groups is 1. The Morgan fingerprint density at radius 2 is 1.88 bits per heavy atom. The first-order valence-electron chi connectivity index (χ1n) is 8.06. The molecule has 25 heavy (non-hydrogen) atoms. The average Bonchev–Trinajstić information content (AvgIpc) is 2.92. The minimum Gasteiger partial charge on any atom is -0.489 e. The molecule has 0 amide bonds. The number of fused-ring (bicyclic) bond motifs is 3. The Bertz CT molecular complexity index is 919. The molecule has 2 aliphatic rings. The van der Waals surface area contributed by atoms with E-state index in [0.29, 0.717) is 23.0 Å². The van der Waals surface area contributed by atoms with E-state index in [2.05, 4.69) is 16.9 Å². The molecule has 0 radical (unpaired) electrons. The number of nitrogens with zero attached hydrogens (tertiary/aromatic N) is 1. The van der Waals surface area contributed by atoms with E-state index in [1.807, 2.05) is 48.5 Å². The van der Waals surface area contributed by atoms with Crippen molar-refractivity contribution in [3.63, 3.8) is 0 Å². The van der Waals surface area contributed by atoms with Crippen molar-refractivity contribution < 1.29 is 9.53 Å². The predicted octanol–water partition coefficient (Wildman–Crippen LogP) is 3.48. The zero-order valence-corrected chi connectivity index (χ0v) is 14.3. The Morgan fingerprint density at radius 1 is 1.16 bits per heavy atom. The lowest BCUT2D eigenvalue weighted by Crippen LogP contribution is -2.41. The molecule has 0 fully saturated rings. The van der Waals surface area contributed by atoms with Crippen LogP contribution < -0.4 is 10.1 Å². The normalized spacial score (nSPS) is 21.0. The van der Waals surface area contributed by atoms with E-state index in [-0.39, 0.29) is 11.8 Å². The summed E-state index contributed by atoms with van der Waals surface area (Å²) in [5.41, 5.74) is 3.21. The molecule has 4 rings (SSSR count). The van der Waals surface area contributed by atoms with Gasteiger partial charge >= 0.3 is 0 Å². The van der Waals surface area contributed by atoms with Gasteiger partial charge in [-0.1, -0.05) is 55.1 Å². The molecule has 1 aliphatic carbocycles. The number of ether oxygens (including phenoxy) is 1. The third-order valence-corrected chi connectivity index (χ3v) is 4.70. The summed E-state index contributed by atoms with van der Waals surface area (Å²) in [6, 6.07) is 14.9. The third-order valence-electron chi connectivity index (χ3n) is 4.49. The van der Waals surface area contributed by atoms with Gasteiger partial charge in [0.15, 0.2) is 10.9 Å². The molecule has 0 saturated carbocycles. The van der Waals surface area contributed by atoms with E-state index in [4.69, 9.17) is 17.0 Å². The van der Waals surface area contributed by atoms with E-state index in [0.717, 1.165) is 16.8 Å². The fourth-order valence-corrected chi connectivity index (χ4v) is 3.68. The highest BCUT2D eigenvalue weighted by atomic mass is 32.1. The van der Waals surface area contributed by atoms with Crippen molar-refractivity contribution in [2.24, 2.45) is 10.9 Å². The highest BCUT2D eigenvalue weighted by Gasteiger charge is 2.45. The van der Waals surface area contributed by atoms with Crippen LogP contribution >= 0.6 is 12.2 Å². The number of nitrogens with one attached hydrogen (secondary N) is 1. The van der Waals surface area contributed by atoms with Crippen molar-refractivity contribution in [1.29, 1.82) is 0 Å². The van der Waals surface area contributed by atoms with E-state index < -0.39 is 5.92 Å². The number of rotatable bonds is 4. The van der Waals surface area contributed by atoms with Crippen LogP contribution in [0.2, 0.25) is 0 Å². The van der Waals surface area contributed by atoms with Crippen molar-refractivity contribution in [2.45, 2.75) is 6.04 Å². The summed E-state index contributed by atoms with van der Waals surface area (Å²) < 4.78 is 5.78. The van der Waals surface area contributed by atoms with Crippen LogP contribution in [0.4, 0.5) is 0 Å². The number of benzene rings is 2. The molecule has 0 aromatic heterocycles. The summed E-state index contributed by atoms with van der Waals surface area (Å²) in [6.07, 6.45) is 1.69. The van der Waals surface area contributed by atoms with E-state index in [1.54, 1.807) is 6.08 Å². The molecular formula is C20H16N2O2S. The van der Waals surface area contributed by atoms with Crippen LogP contribution in [0.3, 0.4) is 0 Å². The van der Waals surface area contributed by atoms with Crippen LogP contribution in [0.5, 0.6) is 5.75 Å². The maximum Gasteiger partial charge on any atom is 0.193 e. The highest BCUT2D eigenvalue weighted by Crippen LogP contribution is 2.40. The Labute approximate surface area is 151 Å². The zero-order valence-electron chi connectivity index (χ0n) is 13.4. The van der Waals surface area contributed by atoms with Gasteiger partial charge in [-0.3, -0.25) is 4.79 Å². The molecule has 124 valence electrons. The fourth-order valence-electron chi connectivity index (χ4n) is 3.45. The number of thiocarbonyl (C=S) groups is 1. The molecule has 2 atom stereocenters. The van der Waals surface area contributed by atoms with Gasteiger partial charge in [0.05, 0.1) is 17.7 Å².